The number of aliphatic carboxylic acids is 1. The summed E-state index contributed by atoms with van der Waals surface area (Å²) in [7, 11) is 5.89. The molecule has 0 radical (unpaired) electrons. The fourth-order valence-electron chi connectivity index (χ4n) is 8.82. The number of quaternary nitrogens is 1. The second kappa shape index (κ2) is 58.6. The predicted molar refractivity (Wildman–Crippen MR) is 324 cm³/mol. The fraction of sp³-hybridized carbons (Fsp3) is 0.750. The van der Waals surface area contributed by atoms with Crippen LogP contribution in [-0.4, -0.2) is 82.3 Å². The largest absolute Gasteiger partial charge is 0.545 e. The number of likely N-dealkylation sites (N-methyl/N-ethyl adjacent to an activating group) is 1. The lowest BCUT2D eigenvalue weighted by Crippen LogP contribution is -2.44. The molecular formula is C68H119NO8. The topological polar surface area (TPSA) is 111 Å². The Kier molecular flexibility index (Phi) is 55.9. The van der Waals surface area contributed by atoms with E-state index in [0.29, 0.717) is 17.4 Å². The number of rotatable bonds is 58. The number of unbranched alkanes of at least 4 members (excludes halogenated alkanes) is 30. The highest BCUT2D eigenvalue weighted by atomic mass is 16.7. The van der Waals surface area contributed by atoms with Crippen LogP contribution in [-0.2, 0) is 33.3 Å². The molecule has 2 atom stereocenters. The molecule has 0 aromatic carbocycles. The standard InChI is InChI=1S/C68H119NO8/c1-6-8-10-12-14-16-18-20-22-23-24-25-26-27-28-29-30-31-32-33-34-35-36-37-38-39-40-41-42-43-45-46-48-50-52-54-56-58-65(70)75-62-64(63-76-68(67(72)73)74-61-60-69(3,4)5)77-66(71)59-57-55-53-51-49-47-44-21-19-17-15-13-11-9-7-2/h9,11,15,17-18,20-21,23-24,44,49,51,55,57,64,68H,6-8,10,12-14,16,19,22,25-43,45-48,50,52-54,56,58-63H2,1-5H3/b11-9-,17-15-,20-18-,24-23-,44-21-,51-49-,57-55-. The van der Waals surface area contributed by atoms with E-state index in [2.05, 4.69) is 80.7 Å². The Balaban J connectivity index is 4.02. The van der Waals surface area contributed by atoms with E-state index in [1.807, 2.05) is 33.3 Å². The number of esters is 2. The number of carbonyl (C=O) groups excluding carboxylic acids is 3. The summed E-state index contributed by atoms with van der Waals surface area (Å²) >= 11 is 0. The molecule has 0 aliphatic rings. The van der Waals surface area contributed by atoms with E-state index >= 15 is 0 Å². The van der Waals surface area contributed by atoms with Crippen molar-refractivity contribution in [1.82, 2.24) is 0 Å². The Morgan fingerprint density at radius 1 is 0.416 bits per heavy atom. The first kappa shape index (κ1) is 73.5. The molecule has 0 N–H and O–H groups in total. The minimum atomic E-state index is -1.65. The van der Waals surface area contributed by atoms with Crippen molar-refractivity contribution >= 4 is 17.9 Å². The molecule has 0 amide bonds. The molecule has 9 heteroatoms. The van der Waals surface area contributed by atoms with Crippen LogP contribution in [0.2, 0.25) is 0 Å². The SMILES string of the molecule is CC/C=C\C/C=C\C/C=C\C/C=C\C/C=C\CC(=O)OC(COC(=O)CCCCCCCCCCCCCCCCCCCCCCCCCCC/C=C\C/C=C\CCCCCCC)COC(OCC[N+](C)(C)C)C(=O)[O-]. The molecule has 0 rings (SSSR count). The van der Waals surface area contributed by atoms with Gasteiger partial charge < -0.3 is 33.3 Å². The van der Waals surface area contributed by atoms with Crippen LogP contribution in [0, 0.1) is 0 Å². The zero-order valence-electron chi connectivity index (χ0n) is 50.6. The van der Waals surface area contributed by atoms with Crippen molar-refractivity contribution in [2.45, 2.75) is 283 Å². The van der Waals surface area contributed by atoms with Gasteiger partial charge in [0.1, 0.15) is 13.2 Å². The van der Waals surface area contributed by atoms with Crippen LogP contribution in [0.4, 0.5) is 0 Å². The second-order valence-electron chi connectivity index (χ2n) is 22.3. The number of carboxylic acid groups (broad SMARTS) is 1. The maximum atomic E-state index is 12.8. The molecule has 2 unspecified atom stereocenters. The van der Waals surface area contributed by atoms with E-state index in [9.17, 15) is 19.5 Å². The quantitative estimate of drug-likeness (QED) is 0.0195. The molecule has 0 aromatic heterocycles. The van der Waals surface area contributed by atoms with Crippen LogP contribution in [0.15, 0.2) is 85.1 Å². The highest BCUT2D eigenvalue weighted by Gasteiger charge is 2.21. The van der Waals surface area contributed by atoms with Crippen molar-refractivity contribution in [2.75, 3.05) is 47.5 Å². The molecule has 0 saturated heterocycles. The van der Waals surface area contributed by atoms with Gasteiger partial charge in [-0.05, 0) is 70.6 Å². The lowest BCUT2D eigenvalue weighted by Gasteiger charge is -2.26. The minimum Gasteiger partial charge on any atom is -0.545 e. The van der Waals surface area contributed by atoms with Gasteiger partial charge in [-0.25, -0.2) is 0 Å². The predicted octanol–water partition coefficient (Wildman–Crippen LogP) is 17.8. The Morgan fingerprint density at radius 3 is 1.17 bits per heavy atom. The van der Waals surface area contributed by atoms with Crippen LogP contribution in [0.1, 0.15) is 271 Å². The van der Waals surface area contributed by atoms with Crippen molar-refractivity contribution in [2.24, 2.45) is 0 Å². The van der Waals surface area contributed by atoms with Gasteiger partial charge in [0, 0.05) is 6.42 Å². The van der Waals surface area contributed by atoms with Crippen molar-refractivity contribution in [1.29, 1.82) is 0 Å². The number of ether oxygens (including phenoxy) is 4. The Hall–Kier alpha value is -3.53. The Morgan fingerprint density at radius 2 is 0.779 bits per heavy atom. The van der Waals surface area contributed by atoms with E-state index in [0.717, 1.165) is 51.4 Å². The van der Waals surface area contributed by atoms with Gasteiger partial charge in [0.25, 0.3) is 0 Å². The van der Waals surface area contributed by atoms with E-state index in [1.165, 1.54) is 186 Å². The third-order valence-corrected chi connectivity index (χ3v) is 13.7. The van der Waals surface area contributed by atoms with Gasteiger partial charge in [-0.3, -0.25) is 9.59 Å². The van der Waals surface area contributed by atoms with Crippen LogP contribution in [0.3, 0.4) is 0 Å². The molecule has 0 fully saturated rings. The van der Waals surface area contributed by atoms with E-state index in [4.69, 9.17) is 18.9 Å². The number of hydrogen-bond donors (Lipinski definition) is 0. The third kappa shape index (κ3) is 60.0. The molecule has 0 saturated carbocycles. The highest BCUT2D eigenvalue weighted by Crippen LogP contribution is 2.17. The Bertz CT molecular complexity index is 1540. The van der Waals surface area contributed by atoms with Gasteiger partial charge in [0.05, 0.1) is 46.7 Å². The fourth-order valence-corrected chi connectivity index (χ4v) is 8.82. The normalized spacial score (nSPS) is 13.3. The summed E-state index contributed by atoms with van der Waals surface area (Å²) in [6, 6.07) is 0. The number of allylic oxidation sites excluding steroid dienone is 13. The zero-order valence-corrected chi connectivity index (χ0v) is 50.6. The second-order valence-corrected chi connectivity index (χ2v) is 22.3. The third-order valence-electron chi connectivity index (χ3n) is 13.7. The molecule has 444 valence electrons. The van der Waals surface area contributed by atoms with Gasteiger partial charge in [0.15, 0.2) is 12.4 Å². The zero-order chi connectivity index (χ0) is 56.2. The summed E-state index contributed by atoms with van der Waals surface area (Å²) in [5.41, 5.74) is 0. The smallest absolute Gasteiger partial charge is 0.310 e. The number of carboxylic acids is 1. The van der Waals surface area contributed by atoms with Crippen LogP contribution in [0.5, 0.6) is 0 Å². The summed E-state index contributed by atoms with van der Waals surface area (Å²) < 4.78 is 22.5. The summed E-state index contributed by atoms with van der Waals surface area (Å²) in [6.45, 7) is 4.52. The molecule has 0 aliphatic heterocycles. The highest BCUT2D eigenvalue weighted by molar-refractivity contribution is 5.71. The first-order chi connectivity index (χ1) is 37.6. The molecule has 0 heterocycles. The summed E-state index contributed by atoms with van der Waals surface area (Å²) in [5.74, 6) is -2.45. The maximum Gasteiger partial charge on any atom is 0.310 e. The van der Waals surface area contributed by atoms with E-state index in [-0.39, 0.29) is 38.6 Å². The van der Waals surface area contributed by atoms with E-state index in [1.54, 1.807) is 6.08 Å². The summed E-state index contributed by atoms with van der Waals surface area (Å²) in [4.78, 5) is 37.2. The lowest BCUT2D eigenvalue weighted by molar-refractivity contribution is -0.870. The van der Waals surface area contributed by atoms with Gasteiger partial charge in [-0.1, -0.05) is 272 Å². The molecular weight excluding hydrogens is 959 g/mol. The van der Waals surface area contributed by atoms with Crippen molar-refractivity contribution in [3.8, 4) is 0 Å². The molecule has 0 spiro atoms. The van der Waals surface area contributed by atoms with Crippen LogP contribution >= 0.6 is 0 Å². The van der Waals surface area contributed by atoms with Gasteiger partial charge in [-0.15, -0.1) is 0 Å². The summed E-state index contributed by atoms with van der Waals surface area (Å²) in [5, 5.41) is 11.8. The monoisotopic (exact) mass is 1080 g/mol. The molecule has 0 aromatic rings. The van der Waals surface area contributed by atoms with Crippen LogP contribution in [0.25, 0.3) is 0 Å². The van der Waals surface area contributed by atoms with Crippen molar-refractivity contribution in [3.05, 3.63) is 85.1 Å². The molecule has 0 bridgehead atoms. The average Bonchev–Trinajstić information content (AvgIpc) is 3.40. The van der Waals surface area contributed by atoms with Crippen LogP contribution < -0.4 is 5.11 Å². The first-order valence-electron chi connectivity index (χ1n) is 31.7. The number of nitrogens with zero attached hydrogens (tertiary/aromatic N) is 1. The molecule has 77 heavy (non-hydrogen) atoms. The van der Waals surface area contributed by atoms with Crippen molar-refractivity contribution in [3.63, 3.8) is 0 Å². The average molecular weight is 1080 g/mol. The lowest BCUT2D eigenvalue weighted by atomic mass is 10.0. The molecule has 9 nitrogen and oxygen atoms in total. The minimum absolute atomic E-state index is 0.0141. The van der Waals surface area contributed by atoms with Crippen molar-refractivity contribution < 1.29 is 42.9 Å². The molecule has 0 aliphatic carbocycles. The van der Waals surface area contributed by atoms with E-state index < -0.39 is 24.3 Å². The van der Waals surface area contributed by atoms with Gasteiger partial charge in [0.2, 0.25) is 0 Å². The summed E-state index contributed by atoms with van der Waals surface area (Å²) in [6.07, 6.45) is 75.7. The first-order valence-corrected chi connectivity index (χ1v) is 31.7. The van der Waals surface area contributed by atoms with Gasteiger partial charge in [-0.2, -0.15) is 0 Å². The number of hydrogen-bond acceptors (Lipinski definition) is 8. The Labute approximate surface area is 474 Å². The van der Waals surface area contributed by atoms with Gasteiger partial charge >= 0.3 is 11.9 Å². The number of carbonyl (C=O) groups is 3. The maximum absolute atomic E-state index is 12.8.